The maximum atomic E-state index is 5.76. The number of nitrogens with one attached hydrogen (secondary N) is 1. The first-order valence-corrected chi connectivity index (χ1v) is 7.15. The fourth-order valence-corrected chi connectivity index (χ4v) is 3.25. The highest BCUT2D eigenvalue weighted by Crippen LogP contribution is 2.35. The zero-order chi connectivity index (χ0) is 11.6. The lowest BCUT2D eigenvalue weighted by atomic mass is 9.90. The molecule has 1 saturated carbocycles. The van der Waals surface area contributed by atoms with Crippen LogP contribution in [0.2, 0.25) is 0 Å². The summed E-state index contributed by atoms with van der Waals surface area (Å²) in [5.41, 5.74) is 3.69. The molecule has 0 aromatic carbocycles. The summed E-state index contributed by atoms with van der Waals surface area (Å²) in [7, 11) is 0. The van der Waals surface area contributed by atoms with E-state index in [0.717, 1.165) is 26.1 Å². The molecule has 4 heteroatoms. The highest BCUT2D eigenvalue weighted by atomic mass is 16.7. The van der Waals surface area contributed by atoms with Gasteiger partial charge >= 0.3 is 0 Å². The van der Waals surface area contributed by atoms with Gasteiger partial charge < -0.3 is 9.47 Å². The van der Waals surface area contributed by atoms with E-state index >= 15 is 0 Å². The van der Waals surface area contributed by atoms with E-state index in [1.54, 1.807) is 0 Å². The number of hydrazine groups is 1. The molecule has 98 valence electrons. The predicted molar refractivity (Wildman–Crippen MR) is 65.5 cm³/mol. The number of piperidine rings is 1. The Morgan fingerprint density at radius 3 is 2.24 bits per heavy atom. The monoisotopic (exact) mass is 240 g/mol. The molecule has 3 rings (SSSR count). The number of rotatable bonds is 2. The van der Waals surface area contributed by atoms with Crippen molar-refractivity contribution in [1.29, 1.82) is 0 Å². The van der Waals surface area contributed by atoms with Crippen LogP contribution in [-0.4, -0.2) is 43.1 Å². The van der Waals surface area contributed by atoms with Crippen LogP contribution >= 0.6 is 0 Å². The number of hydrogen-bond donors (Lipinski definition) is 1. The van der Waals surface area contributed by atoms with Crippen LogP contribution in [0.15, 0.2) is 0 Å². The SMILES string of the molecule is C1CCN(NC2CCC3(CC2)OCCO3)CC1. The van der Waals surface area contributed by atoms with Crippen LogP contribution < -0.4 is 5.43 Å². The van der Waals surface area contributed by atoms with Crippen molar-refractivity contribution in [2.75, 3.05) is 26.3 Å². The molecule has 3 fully saturated rings. The minimum atomic E-state index is -0.208. The van der Waals surface area contributed by atoms with Crippen LogP contribution in [-0.2, 0) is 9.47 Å². The van der Waals surface area contributed by atoms with Crippen molar-refractivity contribution in [3.8, 4) is 0 Å². The van der Waals surface area contributed by atoms with Gasteiger partial charge in [0, 0.05) is 32.0 Å². The van der Waals surface area contributed by atoms with Crippen molar-refractivity contribution in [2.45, 2.75) is 56.8 Å². The number of hydrogen-bond acceptors (Lipinski definition) is 4. The molecule has 0 radical (unpaired) electrons. The fourth-order valence-electron chi connectivity index (χ4n) is 3.25. The molecule has 0 atom stereocenters. The summed E-state index contributed by atoms with van der Waals surface area (Å²) >= 11 is 0. The molecule has 4 nitrogen and oxygen atoms in total. The third-order valence-electron chi connectivity index (χ3n) is 4.28. The molecular formula is C13H24N2O2. The summed E-state index contributed by atoms with van der Waals surface area (Å²) < 4.78 is 11.5. The first-order chi connectivity index (χ1) is 8.36. The summed E-state index contributed by atoms with van der Waals surface area (Å²) in [4.78, 5) is 0. The second-order valence-electron chi connectivity index (χ2n) is 5.56. The van der Waals surface area contributed by atoms with Crippen LogP contribution in [0.4, 0.5) is 0 Å². The quantitative estimate of drug-likeness (QED) is 0.796. The molecule has 0 amide bonds. The second kappa shape index (κ2) is 5.22. The lowest BCUT2D eigenvalue weighted by Crippen LogP contribution is -2.50. The number of nitrogens with zero attached hydrogens (tertiary/aromatic N) is 1. The molecule has 0 aromatic heterocycles. The van der Waals surface area contributed by atoms with Crippen LogP contribution in [0.1, 0.15) is 44.9 Å². The molecule has 1 spiro atoms. The van der Waals surface area contributed by atoms with E-state index in [0.29, 0.717) is 6.04 Å². The van der Waals surface area contributed by atoms with Crippen LogP contribution in [0, 0.1) is 0 Å². The summed E-state index contributed by atoms with van der Waals surface area (Å²) in [6.45, 7) is 4.00. The summed E-state index contributed by atoms with van der Waals surface area (Å²) in [5.74, 6) is -0.208. The molecule has 0 unspecified atom stereocenters. The van der Waals surface area contributed by atoms with Gasteiger partial charge in [0.05, 0.1) is 13.2 Å². The molecule has 2 aliphatic heterocycles. The molecule has 1 aliphatic carbocycles. The molecule has 1 N–H and O–H groups in total. The zero-order valence-electron chi connectivity index (χ0n) is 10.6. The van der Waals surface area contributed by atoms with Crippen molar-refractivity contribution >= 4 is 0 Å². The Labute approximate surface area is 104 Å². The van der Waals surface area contributed by atoms with Crippen molar-refractivity contribution in [3.63, 3.8) is 0 Å². The van der Waals surface area contributed by atoms with Gasteiger partial charge in [-0.15, -0.1) is 0 Å². The maximum absolute atomic E-state index is 5.76. The fraction of sp³-hybridized carbons (Fsp3) is 1.00. The van der Waals surface area contributed by atoms with Crippen LogP contribution in [0.3, 0.4) is 0 Å². The summed E-state index contributed by atoms with van der Waals surface area (Å²) in [6.07, 6.45) is 8.55. The first kappa shape index (κ1) is 11.9. The standard InChI is InChI=1S/C13H24N2O2/c1-2-8-15(9-3-1)14-12-4-6-13(7-5-12)16-10-11-17-13/h12,14H,1-11H2. The minimum absolute atomic E-state index is 0.208. The molecule has 0 bridgehead atoms. The van der Waals surface area contributed by atoms with Crippen LogP contribution in [0.25, 0.3) is 0 Å². The smallest absolute Gasteiger partial charge is 0.168 e. The predicted octanol–water partition coefficient (Wildman–Crippen LogP) is 1.66. The third-order valence-corrected chi connectivity index (χ3v) is 4.28. The largest absolute Gasteiger partial charge is 0.348 e. The lowest BCUT2D eigenvalue weighted by molar-refractivity contribution is -0.181. The van der Waals surface area contributed by atoms with E-state index in [1.165, 1.54) is 45.2 Å². The average molecular weight is 240 g/mol. The van der Waals surface area contributed by atoms with Gasteiger partial charge in [-0.2, -0.15) is 0 Å². The van der Waals surface area contributed by atoms with E-state index in [-0.39, 0.29) is 5.79 Å². The van der Waals surface area contributed by atoms with Crippen LogP contribution in [0.5, 0.6) is 0 Å². The van der Waals surface area contributed by atoms with E-state index in [9.17, 15) is 0 Å². The van der Waals surface area contributed by atoms with Crippen molar-refractivity contribution < 1.29 is 9.47 Å². The number of ether oxygens (including phenoxy) is 2. The second-order valence-corrected chi connectivity index (χ2v) is 5.56. The Morgan fingerprint density at radius 1 is 0.941 bits per heavy atom. The van der Waals surface area contributed by atoms with Gasteiger partial charge in [-0.1, -0.05) is 6.42 Å². The van der Waals surface area contributed by atoms with E-state index in [1.807, 2.05) is 0 Å². The van der Waals surface area contributed by atoms with Gasteiger partial charge in [0.15, 0.2) is 5.79 Å². The van der Waals surface area contributed by atoms with Gasteiger partial charge in [0.2, 0.25) is 0 Å². The van der Waals surface area contributed by atoms with Gasteiger partial charge in [0.1, 0.15) is 0 Å². The van der Waals surface area contributed by atoms with Crippen molar-refractivity contribution in [1.82, 2.24) is 10.4 Å². The first-order valence-electron chi connectivity index (χ1n) is 7.15. The molecular weight excluding hydrogens is 216 g/mol. The normalized spacial score (nSPS) is 31.1. The molecule has 2 saturated heterocycles. The van der Waals surface area contributed by atoms with Gasteiger partial charge in [-0.05, 0) is 25.7 Å². The highest BCUT2D eigenvalue weighted by Gasteiger charge is 2.40. The van der Waals surface area contributed by atoms with Gasteiger partial charge in [-0.3, -0.25) is 5.43 Å². The van der Waals surface area contributed by atoms with Gasteiger partial charge in [-0.25, -0.2) is 5.01 Å². The Hall–Kier alpha value is -0.160. The Balaban J connectivity index is 1.44. The third kappa shape index (κ3) is 2.81. The molecule has 0 aromatic rings. The molecule has 3 aliphatic rings. The highest BCUT2D eigenvalue weighted by molar-refractivity contribution is 4.85. The minimum Gasteiger partial charge on any atom is -0.348 e. The van der Waals surface area contributed by atoms with Crippen molar-refractivity contribution in [3.05, 3.63) is 0 Å². The zero-order valence-corrected chi connectivity index (χ0v) is 10.6. The van der Waals surface area contributed by atoms with Crippen molar-refractivity contribution in [2.24, 2.45) is 0 Å². The molecule has 2 heterocycles. The Bertz CT molecular complexity index is 238. The molecule has 17 heavy (non-hydrogen) atoms. The summed E-state index contributed by atoms with van der Waals surface area (Å²) in [5, 5.41) is 2.42. The Morgan fingerprint density at radius 2 is 1.59 bits per heavy atom. The van der Waals surface area contributed by atoms with E-state index in [2.05, 4.69) is 10.4 Å². The topological polar surface area (TPSA) is 33.7 Å². The average Bonchev–Trinajstić information content (AvgIpc) is 2.83. The maximum Gasteiger partial charge on any atom is 0.168 e. The van der Waals surface area contributed by atoms with E-state index < -0.39 is 0 Å². The van der Waals surface area contributed by atoms with Gasteiger partial charge in [0.25, 0.3) is 0 Å². The lowest BCUT2D eigenvalue weighted by Gasteiger charge is -2.38. The van der Waals surface area contributed by atoms with E-state index in [4.69, 9.17) is 9.47 Å². The Kier molecular flexibility index (Phi) is 3.66. The summed E-state index contributed by atoms with van der Waals surface area (Å²) in [6, 6.07) is 0.631.